The molecule has 3 rings (SSSR count). The van der Waals surface area contributed by atoms with E-state index in [1.807, 2.05) is 12.1 Å². The fourth-order valence-corrected chi connectivity index (χ4v) is 4.02. The first-order chi connectivity index (χ1) is 11.1. The van der Waals surface area contributed by atoms with Crippen LogP contribution in [0, 0.1) is 0 Å². The van der Waals surface area contributed by atoms with Crippen molar-refractivity contribution in [3.63, 3.8) is 0 Å². The number of rotatable bonds is 6. The van der Waals surface area contributed by atoms with E-state index >= 15 is 0 Å². The van der Waals surface area contributed by atoms with Gasteiger partial charge in [-0.15, -0.1) is 0 Å². The van der Waals surface area contributed by atoms with Crippen LogP contribution in [0.3, 0.4) is 0 Å². The molecule has 124 valence electrons. The van der Waals surface area contributed by atoms with Gasteiger partial charge >= 0.3 is 0 Å². The molecule has 0 aliphatic carbocycles. The third kappa shape index (κ3) is 4.19. The lowest BCUT2D eigenvalue weighted by Crippen LogP contribution is -2.39. The van der Waals surface area contributed by atoms with Gasteiger partial charge in [-0.1, -0.05) is 18.2 Å². The first-order valence-electron chi connectivity index (χ1n) is 7.91. The zero-order chi connectivity index (χ0) is 16.1. The molecular weight excluding hydrogens is 312 g/mol. The highest BCUT2D eigenvalue weighted by Gasteiger charge is 2.21. The Kier molecular flexibility index (Phi) is 5.09. The summed E-state index contributed by atoms with van der Waals surface area (Å²) in [5.41, 5.74) is 1.20. The number of nitrogens with one attached hydrogen (secondary N) is 2. The summed E-state index contributed by atoms with van der Waals surface area (Å²) in [6.45, 7) is 3.14. The highest BCUT2D eigenvalue weighted by atomic mass is 32.2. The fraction of sp³-hybridized carbons (Fsp3) is 0.438. The van der Waals surface area contributed by atoms with Crippen LogP contribution in [0.2, 0.25) is 0 Å². The van der Waals surface area contributed by atoms with Crippen LogP contribution in [0.25, 0.3) is 0 Å². The van der Waals surface area contributed by atoms with E-state index in [0.717, 1.165) is 32.5 Å². The molecular formula is C16H22N4O2S. The molecule has 1 aromatic carbocycles. The highest BCUT2D eigenvalue weighted by molar-refractivity contribution is 7.89. The monoisotopic (exact) mass is 334 g/mol. The summed E-state index contributed by atoms with van der Waals surface area (Å²) in [4.78, 5) is 2.62. The highest BCUT2D eigenvalue weighted by Crippen LogP contribution is 2.25. The summed E-state index contributed by atoms with van der Waals surface area (Å²) in [7, 11) is -3.40. The van der Waals surface area contributed by atoms with Crippen LogP contribution in [0.15, 0.2) is 47.5 Å². The number of nitrogens with zero attached hydrogens (tertiary/aromatic N) is 2. The standard InChI is InChI=1S/C16H22N4O2S/c21-23(22,15-4-2-1-3-5-15)18-10-13-20-11-7-14(8-12-20)16-6-9-17-19-16/h1-6,9,14,18H,7-8,10-13H2,(H,17,19). The van der Waals surface area contributed by atoms with Crippen molar-refractivity contribution in [2.45, 2.75) is 23.7 Å². The molecule has 0 unspecified atom stereocenters. The van der Waals surface area contributed by atoms with Crippen LogP contribution in [-0.2, 0) is 10.0 Å². The molecule has 1 aliphatic rings. The molecule has 2 heterocycles. The minimum absolute atomic E-state index is 0.318. The van der Waals surface area contributed by atoms with Gasteiger partial charge < -0.3 is 4.90 Å². The van der Waals surface area contributed by atoms with Crippen LogP contribution in [0.5, 0.6) is 0 Å². The lowest BCUT2D eigenvalue weighted by molar-refractivity contribution is 0.214. The van der Waals surface area contributed by atoms with Gasteiger partial charge in [0.15, 0.2) is 0 Å². The number of hydrogen-bond donors (Lipinski definition) is 2. The Morgan fingerprint density at radius 1 is 1.17 bits per heavy atom. The quantitative estimate of drug-likeness (QED) is 0.840. The Hall–Kier alpha value is -1.70. The Balaban J connectivity index is 1.44. The molecule has 0 radical (unpaired) electrons. The molecule has 0 bridgehead atoms. The molecule has 1 aromatic heterocycles. The maximum atomic E-state index is 12.1. The number of benzene rings is 1. The van der Waals surface area contributed by atoms with Gasteiger partial charge in [-0.3, -0.25) is 5.10 Å². The van der Waals surface area contributed by atoms with Crippen molar-refractivity contribution in [3.05, 3.63) is 48.3 Å². The lowest BCUT2D eigenvalue weighted by Gasteiger charge is -2.31. The first-order valence-corrected chi connectivity index (χ1v) is 9.40. The van der Waals surface area contributed by atoms with Crippen molar-refractivity contribution in [1.29, 1.82) is 0 Å². The van der Waals surface area contributed by atoms with Gasteiger partial charge in [0.25, 0.3) is 0 Å². The topological polar surface area (TPSA) is 78.1 Å². The summed E-state index contributed by atoms with van der Waals surface area (Å²) < 4.78 is 27.0. The van der Waals surface area contributed by atoms with Crippen molar-refractivity contribution in [1.82, 2.24) is 19.8 Å². The van der Waals surface area contributed by atoms with Crippen molar-refractivity contribution in [2.24, 2.45) is 0 Å². The smallest absolute Gasteiger partial charge is 0.240 e. The average Bonchev–Trinajstić information content (AvgIpc) is 3.11. The molecule has 2 aromatic rings. The van der Waals surface area contributed by atoms with Crippen LogP contribution >= 0.6 is 0 Å². The van der Waals surface area contributed by atoms with Gasteiger partial charge in [-0.25, -0.2) is 13.1 Å². The minimum Gasteiger partial charge on any atom is -0.302 e. The summed E-state index contributed by atoms with van der Waals surface area (Å²) >= 11 is 0. The first kappa shape index (κ1) is 16.2. The minimum atomic E-state index is -3.40. The van der Waals surface area contributed by atoms with E-state index in [0.29, 0.717) is 17.4 Å². The number of likely N-dealkylation sites (tertiary alicyclic amines) is 1. The number of piperidine rings is 1. The zero-order valence-electron chi connectivity index (χ0n) is 13.0. The maximum Gasteiger partial charge on any atom is 0.240 e. The Bertz CT molecular complexity index is 693. The van der Waals surface area contributed by atoms with Crippen LogP contribution in [0.1, 0.15) is 24.5 Å². The van der Waals surface area contributed by atoms with E-state index in [9.17, 15) is 8.42 Å². The molecule has 0 saturated carbocycles. The molecule has 1 fully saturated rings. The van der Waals surface area contributed by atoms with Gasteiger partial charge in [0.05, 0.1) is 4.90 Å². The molecule has 0 amide bonds. The van der Waals surface area contributed by atoms with Crippen LogP contribution in [-0.4, -0.2) is 49.7 Å². The third-order valence-electron chi connectivity index (χ3n) is 4.32. The van der Waals surface area contributed by atoms with Crippen molar-refractivity contribution >= 4 is 10.0 Å². The lowest BCUT2D eigenvalue weighted by atomic mass is 9.94. The molecule has 0 spiro atoms. The molecule has 7 heteroatoms. The maximum absolute atomic E-state index is 12.1. The second kappa shape index (κ2) is 7.25. The van der Waals surface area contributed by atoms with E-state index in [2.05, 4.69) is 19.8 Å². The predicted octanol–water partition coefficient (Wildman–Crippen LogP) is 1.57. The second-order valence-electron chi connectivity index (χ2n) is 5.84. The van der Waals surface area contributed by atoms with Gasteiger partial charge in [-0.2, -0.15) is 5.10 Å². The van der Waals surface area contributed by atoms with Gasteiger partial charge in [0.2, 0.25) is 10.0 Å². The summed E-state index contributed by atoms with van der Waals surface area (Å²) in [5.74, 6) is 0.537. The van der Waals surface area contributed by atoms with Crippen LogP contribution < -0.4 is 4.72 Å². The van der Waals surface area contributed by atoms with Crippen molar-refractivity contribution in [3.8, 4) is 0 Å². The van der Waals surface area contributed by atoms with Crippen molar-refractivity contribution in [2.75, 3.05) is 26.2 Å². The molecule has 0 atom stereocenters. The Labute approximate surface area is 137 Å². The van der Waals surface area contributed by atoms with Crippen LogP contribution in [0.4, 0.5) is 0 Å². The van der Waals surface area contributed by atoms with E-state index in [1.165, 1.54) is 5.69 Å². The van der Waals surface area contributed by atoms with E-state index in [-0.39, 0.29) is 0 Å². The summed E-state index contributed by atoms with van der Waals surface area (Å²) in [6, 6.07) is 10.5. The molecule has 23 heavy (non-hydrogen) atoms. The normalized spacial score (nSPS) is 17.4. The number of aromatic amines is 1. The largest absolute Gasteiger partial charge is 0.302 e. The number of hydrogen-bond acceptors (Lipinski definition) is 4. The third-order valence-corrected chi connectivity index (χ3v) is 5.80. The summed E-state index contributed by atoms with van der Waals surface area (Å²) in [6.07, 6.45) is 3.95. The van der Waals surface area contributed by atoms with Gasteiger partial charge in [-0.05, 0) is 44.1 Å². The van der Waals surface area contributed by atoms with Gasteiger partial charge in [0, 0.05) is 30.9 Å². The summed E-state index contributed by atoms with van der Waals surface area (Å²) in [5, 5.41) is 7.05. The SMILES string of the molecule is O=S(=O)(NCCN1CCC(c2ccn[nH]2)CC1)c1ccccc1. The molecule has 1 saturated heterocycles. The second-order valence-corrected chi connectivity index (χ2v) is 7.61. The number of aromatic nitrogens is 2. The van der Waals surface area contributed by atoms with E-state index < -0.39 is 10.0 Å². The average molecular weight is 334 g/mol. The predicted molar refractivity (Wildman–Crippen MR) is 88.6 cm³/mol. The van der Waals surface area contributed by atoms with E-state index in [4.69, 9.17) is 0 Å². The van der Waals surface area contributed by atoms with Crippen molar-refractivity contribution < 1.29 is 8.42 Å². The molecule has 2 N–H and O–H groups in total. The number of sulfonamides is 1. The zero-order valence-corrected chi connectivity index (χ0v) is 13.8. The Morgan fingerprint density at radius 2 is 1.91 bits per heavy atom. The number of H-pyrrole nitrogens is 1. The molecule has 6 nitrogen and oxygen atoms in total. The Morgan fingerprint density at radius 3 is 2.57 bits per heavy atom. The van der Waals surface area contributed by atoms with E-state index in [1.54, 1.807) is 30.5 Å². The fourth-order valence-electron chi connectivity index (χ4n) is 2.98. The molecule has 1 aliphatic heterocycles. The van der Waals surface area contributed by atoms with Gasteiger partial charge in [0.1, 0.15) is 0 Å².